The van der Waals surface area contributed by atoms with Gasteiger partial charge in [-0.05, 0) is 35.9 Å². The number of azo groups is 1. The van der Waals surface area contributed by atoms with Crippen molar-refractivity contribution < 1.29 is 5.11 Å². The fourth-order valence-corrected chi connectivity index (χ4v) is 1.64. The van der Waals surface area contributed by atoms with Crippen molar-refractivity contribution in [3.05, 3.63) is 46.9 Å². The number of nitrogens with zero attached hydrogens (tertiary/aromatic N) is 2. The molecule has 18 heavy (non-hydrogen) atoms. The van der Waals surface area contributed by atoms with E-state index >= 15 is 0 Å². The lowest BCUT2D eigenvalue weighted by atomic mass is 10.0. The first kappa shape index (κ1) is 14.5. The summed E-state index contributed by atoms with van der Waals surface area (Å²) in [4.78, 5) is 0. The quantitative estimate of drug-likeness (QED) is 0.728. The van der Waals surface area contributed by atoms with Gasteiger partial charge < -0.3 is 5.11 Å². The summed E-state index contributed by atoms with van der Waals surface area (Å²) in [6, 6.07) is 5.38. The van der Waals surface area contributed by atoms with Crippen molar-refractivity contribution in [1.29, 1.82) is 0 Å². The van der Waals surface area contributed by atoms with Gasteiger partial charge in [-0.25, -0.2) is 0 Å². The Balaban J connectivity index is 2.86. The fraction of sp³-hybridized carbons (Fsp3) is 0.286. The lowest BCUT2D eigenvalue weighted by Crippen LogP contribution is -1.85. The van der Waals surface area contributed by atoms with Gasteiger partial charge in [-0.2, -0.15) is 0 Å². The van der Waals surface area contributed by atoms with E-state index in [2.05, 4.69) is 30.7 Å². The Morgan fingerprint density at radius 3 is 2.78 bits per heavy atom. The Morgan fingerprint density at radius 2 is 2.17 bits per heavy atom. The molecule has 0 aromatic heterocycles. The van der Waals surface area contributed by atoms with Crippen molar-refractivity contribution >= 4 is 17.4 Å². The second kappa shape index (κ2) is 7.01. The van der Waals surface area contributed by atoms with Gasteiger partial charge in [0.2, 0.25) is 0 Å². The molecule has 0 unspecified atom stereocenters. The first-order chi connectivity index (χ1) is 8.54. The van der Waals surface area contributed by atoms with Gasteiger partial charge in [-0.1, -0.05) is 44.3 Å². The number of phenols is 1. The summed E-state index contributed by atoms with van der Waals surface area (Å²) >= 11 is 1.39. The zero-order valence-electron chi connectivity index (χ0n) is 10.9. The first-order valence-corrected chi connectivity index (χ1v) is 6.64. The van der Waals surface area contributed by atoms with E-state index in [0.29, 0.717) is 16.6 Å². The summed E-state index contributed by atoms with van der Waals surface area (Å²) in [5.41, 5.74) is 1.59. The zero-order valence-corrected chi connectivity index (χ0v) is 11.7. The largest absolute Gasteiger partial charge is 0.506 e. The number of thioether (sulfide) groups is 1. The monoisotopic (exact) mass is 262 g/mol. The fourth-order valence-electron chi connectivity index (χ4n) is 1.26. The summed E-state index contributed by atoms with van der Waals surface area (Å²) in [6.07, 6.45) is 1.90. The van der Waals surface area contributed by atoms with E-state index in [1.807, 2.05) is 30.5 Å². The maximum Gasteiger partial charge on any atom is 0.143 e. The molecule has 0 aliphatic heterocycles. The summed E-state index contributed by atoms with van der Waals surface area (Å²) in [5.74, 6) is 0.520. The number of benzene rings is 1. The van der Waals surface area contributed by atoms with E-state index in [0.717, 1.165) is 5.56 Å². The van der Waals surface area contributed by atoms with E-state index in [9.17, 15) is 5.11 Å². The van der Waals surface area contributed by atoms with Crippen LogP contribution in [0.25, 0.3) is 0 Å². The molecule has 0 spiro atoms. The van der Waals surface area contributed by atoms with Crippen LogP contribution in [0.3, 0.4) is 0 Å². The van der Waals surface area contributed by atoms with Crippen LogP contribution in [0.15, 0.2) is 51.5 Å². The normalized spacial score (nSPS) is 11.8. The highest BCUT2D eigenvalue weighted by Crippen LogP contribution is 2.31. The minimum atomic E-state index is 0.131. The van der Waals surface area contributed by atoms with E-state index in [1.54, 1.807) is 6.07 Å². The van der Waals surface area contributed by atoms with Crippen LogP contribution in [0.1, 0.15) is 32.3 Å². The van der Waals surface area contributed by atoms with Gasteiger partial charge in [0.25, 0.3) is 0 Å². The lowest BCUT2D eigenvalue weighted by Gasteiger charge is -2.06. The predicted molar refractivity (Wildman–Crippen MR) is 78.3 cm³/mol. The van der Waals surface area contributed by atoms with E-state index in [4.69, 9.17) is 0 Å². The Morgan fingerprint density at radius 1 is 1.44 bits per heavy atom. The number of rotatable bonds is 5. The van der Waals surface area contributed by atoms with Gasteiger partial charge in [0.15, 0.2) is 0 Å². The summed E-state index contributed by atoms with van der Waals surface area (Å²) < 4.78 is 0. The Bertz CT molecular complexity index is 479. The summed E-state index contributed by atoms with van der Waals surface area (Å²) in [5, 5.41) is 20.2. The Hall–Kier alpha value is -1.55. The van der Waals surface area contributed by atoms with Crippen molar-refractivity contribution in [3.8, 4) is 5.75 Å². The molecule has 3 nitrogen and oxygen atoms in total. The molecule has 0 saturated heterocycles. The van der Waals surface area contributed by atoms with Gasteiger partial charge in [0.05, 0.1) is 0 Å². The van der Waals surface area contributed by atoms with Crippen LogP contribution in [0.4, 0.5) is 5.69 Å². The molecule has 0 aliphatic carbocycles. The van der Waals surface area contributed by atoms with Crippen molar-refractivity contribution in [2.45, 2.75) is 26.7 Å². The van der Waals surface area contributed by atoms with Crippen LogP contribution in [-0.2, 0) is 0 Å². The third-order valence-corrected chi connectivity index (χ3v) is 3.04. The van der Waals surface area contributed by atoms with E-state index in [-0.39, 0.29) is 5.75 Å². The van der Waals surface area contributed by atoms with E-state index in [1.165, 1.54) is 11.8 Å². The van der Waals surface area contributed by atoms with Crippen LogP contribution in [0.2, 0.25) is 0 Å². The van der Waals surface area contributed by atoms with Gasteiger partial charge in [0.1, 0.15) is 16.5 Å². The molecule has 0 atom stereocenters. The first-order valence-electron chi connectivity index (χ1n) is 5.76. The molecule has 0 amide bonds. The molecule has 1 N–H and O–H groups in total. The second-order valence-corrected chi connectivity index (χ2v) is 5.06. The molecule has 0 radical (unpaired) electrons. The number of allylic oxidation sites excluding steroid dienone is 1. The molecule has 96 valence electrons. The zero-order chi connectivity index (χ0) is 13.5. The molecule has 0 heterocycles. The molecule has 0 saturated carbocycles. The number of hydrogen-bond donors (Lipinski definition) is 1. The van der Waals surface area contributed by atoms with Crippen LogP contribution in [0.5, 0.6) is 5.75 Å². The maximum atomic E-state index is 9.70. The molecule has 0 aliphatic rings. The van der Waals surface area contributed by atoms with Crippen molar-refractivity contribution in [1.82, 2.24) is 0 Å². The molecule has 1 aromatic carbocycles. The third-order valence-electron chi connectivity index (χ3n) is 2.28. The molecule has 4 heteroatoms. The van der Waals surface area contributed by atoms with Crippen LogP contribution >= 0.6 is 11.8 Å². The average molecular weight is 262 g/mol. The smallest absolute Gasteiger partial charge is 0.143 e. The lowest BCUT2D eigenvalue weighted by molar-refractivity contribution is 0.476. The topological polar surface area (TPSA) is 45.0 Å². The molecular weight excluding hydrogens is 244 g/mol. The van der Waals surface area contributed by atoms with E-state index < -0.39 is 0 Å². The molecule has 0 bridgehead atoms. The van der Waals surface area contributed by atoms with Gasteiger partial charge >= 0.3 is 0 Å². The maximum absolute atomic E-state index is 9.70. The van der Waals surface area contributed by atoms with Gasteiger partial charge in [0, 0.05) is 0 Å². The van der Waals surface area contributed by atoms with Crippen molar-refractivity contribution in [2.24, 2.45) is 10.2 Å². The Labute approximate surface area is 112 Å². The SMILES string of the molecule is C=C(/N=N/c1cc(C(C)C)ccc1O)S/C=C\C. The van der Waals surface area contributed by atoms with Crippen molar-refractivity contribution in [2.75, 3.05) is 0 Å². The van der Waals surface area contributed by atoms with Crippen LogP contribution in [-0.4, -0.2) is 5.11 Å². The highest BCUT2D eigenvalue weighted by Gasteiger charge is 2.04. The number of phenolic OH excluding ortho intramolecular Hbond substituents is 1. The minimum Gasteiger partial charge on any atom is -0.506 e. The van der Waals surface area contributed by atoms with Crippen LogP contribution in [0, 0.1) is 0 Å². The molecule has 1 aromatic rings. The molecule has 1 rings (SSSR count). The standard InChI is InChI=1S/C14H18N2OS/c1-5-8-18-11(4)15-16-13-9-12(10(2)3)6-7-14(13)17/h5-10,17H,4H2,1-3H3/b8-5-,16-15+. The third kappa shape index (κ3) is 4.37. The minimum absolute atomic E-state index is 0.131. The predicted octanol–water partition coefficient (Wildman–Crippen LogP) is 5.34. The van der Waals surface area contributed by atoms with Gasteiger partial charge in [-0.3, -0.25) is 0 Å². The highest BCUT2D eigenvalue weighted by atomic mass is 32.2. The number of hydrogen-bond acceptors (Lipinski definition) is 4. The summed E-state index contributed by atoms with van der Waals surface area (Å²) in [7, 11) is 0. The Kier molecular flexibility index (Phi) is 5.65. The molecular formula is C14H18N2OS. The second-order valence-electron chi connectivity index (χ2n) is 4.08. The van der Waals surface area contributed by atoms with Gasteiger partial charge in [-0.15, -0.1) is 10.2 Å². The van der Waals surface area contributed by atoms with Crippen molar-refractivity contribution in [3.63, 3.8) is 0 Å². The average Bonchev–Trinajstić information content (AvgIpc) is 2.35. The summed E-state index contributed by atoms with van der Waals surface area (Å²) in [6.45, 7) is 9.87. The highest BCUT2D eigenvalue weighted by molar-refractivity contribution is 8.05. The number of aromatic hydroxyl groups is 1. The van der Waals surface area contributed by atoms with Crippen LogP contribution < -0.4 is 0 Å². The molecule has 0 fully saturated rings.